The Hall–Kier alpha value is -1.90. The van der Waals surface area contributed by atoms with Gasteiger partial charge in [-0.05, 0) is 38.0 Å². The summed E-state index contributed by atoms with van der Waals surface area (Å²) in [5.74, 6) is -0.676. The highest BCUT2D eigenvalue weighted by atomic mass is 32.2. The third-order valence-corrected chi connectivity index (χ3v) is 3.89. The molecule has 0 unspecified atom stereocenters. The van der Waals surface area contributed by atoms with E-state index in [0.29, 0.717) is 11.1 Å². The fraction of sp³-hybridized carbons (Fsp3) is 0.333. The molecule has 0 atom stereocenters. The largest absolute Gasteiger partial charge is 0.534 e. The lowest BCUT2D eigenvalue weighted by atomic mass is 10.1. The molecule has 0 spiro atoms. The molecule has 2 heterocycles. The summed E-state index contributed by atoms with van der Waals surface area (Å²) < 4.78 is 63.6. The predicted octanol–water partition coefficient (Wildman–Crippen LogP) is 2.78. The van der Waals surface area contributed by atoms with Crippen LogP contribution in [-0.4, -0.2) is 23.9 Å². The van der Waals surface area contributed by atoms with Gasteiger partial charge in [0.05, 0.1) is 0 Å². The molecule has 0 saturated heterocycles. The predicted molar refractivity (Wildman–Crippen MR) is 69.4 cm³/mol. The van der Waals surface area contributed by atoms with Gasteiger partial charge in [-0.1, -0.05) is 0 Å². The van der Waals surface area contributed by atoms with E-state index in [4.69, 9.17) is 0 Å². The van der Waals surface area contributed by atoms with Crippen LogP contribution in [0.5, 0.6) is 5.88 Å². The summed E-state index contributed by atoms with van der Waals surface area (Å²) >= 11 is 0. The molecule has 0 aliphatic heterocycles. The minimum Gasteiger partial charge on any atom is -0.353 e. The lowest BCUT2D eigenvalue weighted by molar-refractivity contribution is -0.0500. The molecular weight excluding hydrogens is 309 g/mol. The summed E-state index contributed by atoms with van der Waals surface area (Å²) in [6, 6.07) is 1.61. The van der Waals surface area contributed by atoms with Crippen LogP contribution < -0.4 is 4.18 Å². The smallest absolute Gasteiger partial charge is 0.353 e. The van der Waals surface area contributed by atoms with Crippen molar-refractivity contribution >= 4 is 21.0 Å². The van der Waals surface area contributed by atoms with E-state index >= 15 is 0 Å². The number of fused-ring (bicyclic) bond motifs is 1. The van der Waals surface area contributed by atoms with Crippen LogP contribution in [0.15, 0.2) is 12.3 Å². The first-order valence-electron chi connectivity index (χ1n) is 5.77. The van der Waals surface area contributed by atoms with Crippen molar-refractivity contribution in [3.63, 3.8) is 0 Å². The fourth-order valence-corrected chi connectivity index (χ4v) is 2.15. The molecule has 0 radical (unpaired) electrons. The van der Waals surface area contributed by atoms with Gasteiger partial charge in [0, 0.05) is 17.3 Å². The average molecular weight is 320 g/mol. The molecule has 2 rings (SSSR count). The Morgan fingerprint density at radius 2 is 1.81 bits per heavy atom. The molecule has 0 N–H and O–H groups in total. The summed E-state index contributed by atoms with van der Waals surface area (Å²) in [4.78, 5) is 7.64. The van der Waals surface area contributed by atoms with Crippen LogP contribution in [0.1, 0.15) is 16.8 Å². The summed E-state index contributed by atoms with van der Waals surface area (Å²) in [5, 5.41) is 0.495. The van der Waals surface area contributed by atoms with Crippen molar-refractivity contribution in [3.8, 4) is 5.88 Å². The molecule has 0 aromatic carbocycles. The van der Waals surface area contributed by atoms with E-state index in [1.807, 2.05) is 0 Å². The molecular formula is C12H11F3N2O3S. The maximum atomic E-state index is 12.4. The number of hydrogen-bond acceptors (Lipinski definition) is 5. The van der Waals surface area contributed by atoms with Crippen molar-refractivity contribution in [1.29, 1.82) is 0 Å². The number of rotatable bonds is 2. The van der Waals surface area contributed by atoms with Crippen molar-refractivity contribution < 1.29 is 25.8 Å². The molecule has 5 nitrogen and oxygen atoms in total. The van der Waals surface area contributed by atoms with E-state index in [1.165, 1.54) is 13.1 Å². The first-order chi connectivity index (χ1) is 9.53. The van der Waals surface area contributed by atoms with Gasteiger partial charge in [0.2, 0.25) is 0 Å². The van der Waals surface area contributed by atoms with Gasteiger partial charge in [-0.15, -0.1) is 0 Å². The van der Waals surface area contributed by atoms with Crippen molar-refractivity contribution in [2.24, 2.45) is 0 Å². The quantitative estimate of drug-likeness (QED) is 0.628. The maximum Gasteiger partial charge on any atom is 0.534 e. The standard InChI is InChI=1S/C12H11F3N2O3S/c1-6-5-16-10-9(8(6)3)4-7(2)17-11(10)20-21(18,19)12(13,14)15/h4-5H,1-3H3. The Bertz CT molecular complexity index is 817. The maximum absolute atomic E-state index is 12.4. The first-order valence-corrected chi connectivity index (χ1v) is 7.18. The van der Waals surface area contributed by atoms with Gasteiger partial charge in [0.15, 0.2) is 0 Å². The fourth-order valence-electron chi connectivity index (χ4n) is 1.73. The highest BCUT2D eigenvalue weighted by molar-refractivity contribution is 7.88. The number of aryl methyl sites for hydroxylation is 3. The van der Waals surface area contributed by atoms with E-state index < -0.39 is 21.5 Å². The Balaban J connectivity index is 2.69. The second kappa shape index (κ2) is 4.83. The molecule has 0 saturated carbocycles. The van der Waals surface area contributed by atoms with Crippen LogP contribution in [0, 0.1) is 20.8 Å². The number of hydrogen-bond donors (Lipinski definition) is 0. The number of aromatic nitrogens is 2. The monoisotopic (exact) mass is 320 g/mol. The van der Waals surface area contributed by atoms with E-state index in [1.54, 1.807) is 19.9 Å². The van der Waals surface area contributed by atoms with Gasteiger partial charge >= 0.3 is 15.6 Å². The zero-order chi connectivity index (χ0) is 16.0. The second-order valence-corrected chi connectivity index (χ2v) is 6.05. The number of alkyl halides is 3. The van der Waals surface area contributed by atoms with Crippen LogP contribution in [0.4, 0.5) is 13.2 Å². The molecule has 0 aliphatic carbocycles. The van der Waals surface area contributed by atoms with Crippen LogP contribution in [0.25, 0.3) is 10.9 Å². The molecule has 9 heteroatoms. The highest BCUT2D eigenvalue weighted by Gasteiger charge is 2.49. The lowest BCUT2D eigenvalue weighted by Crippen LogP contribution is -2.28. The van der Waals surface area contributed by atoms with Gasteiger partial charge in [0.1, 0.15) is 5.52 Å². The first kappa shape index (κ1) is 15.5. The van der Waals surface area contributed by atoms with Gasteiger partial charge in [-0.3, -0.25) is 4.98 Å². The minimum atomic E-state index is -5.78. The SMILES string of the molecule is Cc1cc2c(C)c(C)cnc2c(OS(=O)(=O)C(F)(F)F)n1. The zero-order valence-corrected chi connectivity index (χ0v) is 12.1. The summed E-state index contributed by atoms with van der Waals surface area (Å²) in [5.41, 5.74) is -3.65. The summed E-state index contributed by atoms with van der Waals surface area (Å²) in [7, 11) is -5.78. The molecule has 0 fully saturated rings. The van der Waals surface area contributed by atoms with Crippen molar-refractivity contribution in [2.45, 2.75) is 26.3 Å². The van der Waals surface area contributed by atoms with E-state index in [2.05, 4.69) is 14.2 Å². The zero-order valence-electron chi connectivity index (χ0n) is 11.3. The van der Waals surface area contributed by atoms with Crippen LogP contribution in [0.3, 0.4) is 0 Å². The number of halogens is 3. The topological polar surface area (TPSA) is 69.2 Å². The molecule has 2 aromatic rings. The third-order valence-electron chi connectivity index (χ3n) is 2.94. The van der Waals surface area contributed by atoms with Gasteiger partial charge in [0.25, 0.3) is 5.88 Å². The van der Waals surface area contributed by atoms with Crippen molar-refractivity contribution in [1.82, 2.24) is 9.97 Å². The normalized spacial score (nSPS) is 12.7. The molecule has 21 heavy (non-hydrogen) atoms. The van der Waals surface area contributed by atoms with Gasteiger partial charge < -0.3 is 4.18 Å². The Morgan fingerprint density at radius 1 is 1.19 bits per heavy atom. The Morgan fingerprint density at radius 3 is 2.38 bits per heavy atom. The van der Waals surface area contributed by atoms with Crippen molar-refractivity contribution in [2.75, 3.05) is 0 Å². The Labute approximate surface area is 118 Å². The molecule has 2 aromatic heterocycles. The molecule has 114 valence electrons. The summed E-state index contributed by atoms with van der Waals surface area (Å²) in [6.45, 7) is 5.06. The summed E-state index contributed by atoms with van der Waals surface area (Å²) in [6.07, 6.45) is 1.42. The van der Waals surface area contributed by atoms with E-state index in [9.17, 15) is 21.6 Å². The second-order valence-electron chi connectivity index (χ2n) is 4.51. The average Bonchev–Trinajstić information content (AvgIpc) is 2.32. The molecule has 0 bridgehead atoms. The van der Waals surface area contributed by atoms with E-state index in [0.717, 1.165) is 11.1 Å². The third kappa shape index (κ3) is 2.78. The Kier molecular flexibility index (Phi) is 3.56. The van der Waals surface area contributed by atoms with E-state index in [-0.39, 0.29) is 5.52 Å². The van der Waals surface area contributed by atoms with Crippen LogP contribution in [0.2, 0.25) is 0 Å². The number of pyridine rings is 2. The minimum absolute atomic E-state index is 0.0310. The van der Waals surface area contributed by atoms with Gasteiger partial charge in [-0.25, -0.2) is 4.98 Å². The highest BCUT2D eigenvalue weighted by Crippen LogP contribution is 2.31. The van der Waals surface area contributed by atoms with Crippen LogP contribution in [-0.2, 0) is 10.1 Å². The van der Waals surface area contributed by atoms with Gasteiger partial charge in [-0.2, -0.15) is 21.6 Å². The van der Waals surface area contributed by atoms with Crippen molar-refractivity contribution in [3.05, 3.63) is 29.1 Å². The molecule has 0 amide bonds. The van der Waals surface area contributed by atoms with Crippen LogP contribution >= 0.6 is 0 Å². The number of nitrogens with zero attached hydrogens (tertiary/aromatic N) is 2. The molecule has 0 aliphatic rings. The lowest BCUT2D eigenvalue weighted by Gasteiger charge is -2.12.